The number of nitrogens with zero attached hydrogens (tertiary/aromatic N) is 2. The number of benzene rings is 1. The van der Waals surface area contributed by atoms with E-state index in [9.17, 15) is 19.7 Å². The Morgan fingerprint density at radius 1 is 1.27 bits per heavy atom. The van der Waals surface area contributed by atoms with Crippen molar-refractivity contribution in [3.63, 3.8) is 0 Å². The third kappa shape index (κ3) is 2.86. The number of non-ortho nitro benzene ring substituents is 1. The van der Waals surface area contributed by atoms with Gasteiger partial charge >= 0.3 is 5.97 Å². The summed E-state index contributed by atoms with van der Waals surface area (Å²) in [5.74, 6) is -0.324. The van der Waals surface area contributed by atoms with E-state index in [4.69, 9.17) is 4.74 Å². The second-order valence-corrected chi connectivity index (χ2v) is 8.73. The normalized spacial score (nSPS) is 26.3. The summed E-state index contributed by atoms with van der Waals surface area (Å²) in [6.07, 6.45) is 5.72. The zero-order valence-electron chi connectivity index (χ0n) is 14.3. The zero-order valence-corrected chi connectivity index (χ0v) is 15.1. The molecule has 0 unspecified atom stereocenters. The predicted octanol–water partition coefficient (Wildman–Crippen LogP) is 3.01. The van der Waals surface area contributed by atoms with Crippen LogP contribution in [0.3, 0.4) is 0 Å². The fourth-order valence-corrected chi connectivity index (χ4v) is 6.20. The summed E-state index contributed by atoms with van der Waals surface area (Å²) in [5, 5.41) is 10.8. The van der Waals surface area contributed by atoms with Crippen molar-refractivity contribution in [2.24, 2.45) is 0 Å². The maximum absolute atomic E-state index is 12.9. The number of rotatable bonds is 4. The van der Waals surface area contributed by atoms with Crippen LogP contribution in [0.1, 0.15) is 44.1 Å². The van der Waals surface area contributed by atoms with Crippen LogP contribution in [0.15, 0.2) is 24.3 Å². The van der Waals surface area contributed by atoms with Crippen LogP contribution in [0.2, 0.25) is 0 Å². The van der Waals surface area contributed by atoms with Gasteiger partial charge < -0.3 is 9.64 Å². The second kappa shape index (κ2) is 6.57. The summed E-state index contributed by atoms with van der Waals surface area (Å²) >= 11 is 1.78. The minimum absolute atomic E-state index is 0.00226. The van der Waals surface area contributed by atoms with E-state index in [1.807, 2.05) is 0 Å². The van der Waals surface area contributed by atoms with Gasteiger partial charge in [-0.1, -0.05) is 19.3 Å². The Balaban J connectivity index is 1.47. The first kappa shape index (κ1) is 17.3. The van der Waals surface area contributed by atoms with Crippen molar-refractivity contribution in [2.75, 3.05) is 0 Å². The Labute approximate surface area is 155 Å². The number of hydrogen-bond acceptors (Lipinski definition) is 6. The molecule has 2 saturated heterocycles. The number of nitro benzene ring substituents is 1. The van der Waals surface area contributed by atoms with Crippen LogP contribution in [0.5, 0.6) is 0 Å². The van der Waals surface area contributed by atoms with Gasteiger partial charge in [-0.2, -0.15) is 0 Å². The van der Waals surface area contributed by atoms with Crippen molar-refractivity contribution in [3.05, 3.63) is 39.9 Å². The highest BCUT2D eigenvalue weighted by Gasteiger charge is 2.62. The number of esters is 1. The van der Waals surface area contributed by atoms with E-state index in [0.29, 0.717) is 12.0 Å². The lowest BCUT2D eigenvalue weighted by Gasteiger charge is -2.40. The summed E-state index contributed by atoms with van der Waals surface area (Å²) in [5.41, 5.74) is 0.696. The van der Waals surface area contributed by atoms with Crippen molar-refractivity contribution >= 4 is 29.3 Å². The fraction of sp³-hybridized carbons (Fsp3) is 0.556. The Kier molecular flexibility index (Phi) is 4.38. The largest absolute Gasteiger partial charge is 0.459 e. The van der Waals surface area contributed by atoms with E-state index in [2.05, 4.69) is 0 Å². The third-order valence-corrected chi connectivity index (χ3v) is 7.31. The molecule has 26 heavy (non-hydrogen) atoms. The van der Waals surface area contributed by atoms with Gasteiger partial charge in [0.1, 0.15) is 12.6 Å². The number of nitro groups is 1. The molecule has 1 amide bonds. The molecule has 7 nitrogen and oxygen atoms in total. The first-order valence-electron chi connectivity index (χ1n) is 8.89. The van der Waals surface area contributed by atoms with Crippen LogP contribution in [0, 0.1) is 10.1 Å². The molecule has 0 radical (unpaired) electrons. The fourth-order valence-electron chi connectivity index (χ4n) is 4.22. The maximum Gasteiger partial charge on any atom is 0.330 e. The molecule has 1 aliphatic carbocycles. The Bertz CT molecular complexity index is 744. The molecule has 1 aromatic carbocycles. The van der Waals surface area contributed by atoms with Crippen LogP contribution in [-0.4, -0.2) is 37.9 Å². The number of β-lactam (4-membered cyclic amide) rings is 1. The van der Waals surface area contributed by atoms with E-state index in [1.165, 1.54) is 18.6 Å². The molecule has 3 fully saturated rings. The van der Waals surface area contributed by atoms with Gasteiger partial charge in [-0.25, -0.2) is 4.79 Å². The van der Waals surface area contributed by atoms with Crippen molar-refractivity contribution in [2.45, 2.75) is 61.3 Å². The molecular formula is C18H20N2O5S. The van der Waals surface area contributed by atoms with Crippen LogP contribution in [0.25, 0.3) is 0 Å². The number of fused-ring (bicyclic) bond motifs is 1. The van der Waals surface area contributed by atoms with Crippen molar-refractivity contribution in [1.82, 2.24) is 4.90 Å². The molecule has 0 bridgehead atoms. The minimum Gasteiger partial charge on any atom is -0.459 e. The summed E-state index contributed by atoms with van der Waals surface area (Å²) in [4.78, 5) is 36.9. The monoisotopic (exact) mass is 376 g/mol. The van der Waals surface area contributed by atoms with Gasteiger partial charge in [-0.05, 0) is 30.5 Å². The summed E-state index contributed by atoms with van der Waals surface area (Å²) in [7, 11) is 0. The zero-order chi connectivity index (χ0) is 18.3. The predicted molar refractivity (Wildman–Crippen MR) is 95.3 cm³/mol. The van der Waals surface area contributed by atoms with Crippen LogP contribution < -0.4 is 0 Å². The topological polar surface area (TPSA) is 89.8 Å². The van der Waals surface area contributed by atoms with Crippen molar-refractivity contribution in [1.29, 1.82) is 0 Å². The number of carbonyl (C=O) groups is 2. The average molecular weight is 376 g/mol. The summed E-state index contributed by atoms with van der Waals surface area (Å²) in [6.45, 7) is 0.0563. The highest BCUT2D eigenvalue weighted by Crippen LogP contribution is 2.57. The van der Waals surface area contributed by atoms with Crippen molar-refractivity contribution in [3.8, 4) is 0 Å². The van der Waals surface area contributed by atoms with E-state index in [0.717, 1.165) is 25.7 Å². The highest BCUT2D eigenvalue weighted by atomic mass is 32.2. The molecule has 8 heteroatoms. The standard InChI is InChI=1S/C18H20N2O5S/c21-14-10-15-19(14)16(18(26-15)8-2-1-3-9-18)17(22)25-11-12-4-6-13(7-5-12)20(23)24/h4-7,15-16H,1-3,8-11H2/t15-,16+/m1/s1. The molecule has 1 spiro atoms. The number of hydrogen-bond donors (Lipinski definition) is 0. The molecule has 0 aromatic heterocycles. The van der Waals surface area contributed by atoms with Gasteiger partial charge in [0.05, 0.1) is 16.7 Å². The van der Waals surface area contributed by atoms with Gasteiger partial charge in [0.25, 0.3) is 5.69 Å². The molecule has 0 N–H and O–H groups in total. The lowest BCUT2D eigenvalue weighted by Crippen LogP contribution is -2.58. The molecular weight excluding hydrogens is 356 g/mol. The number of ether oxygens (including phenoxy) is 1. The van der Waals surface area contributed by atoms with Gasteiger partial charge in [0.15, 0.2) is 0 Å². The smallest absolute Gasteiger partial charge is 0.330 e. The van der Waals surface area contributed by atoms with E-state index >= 15 is 0 Å². The van der Waals surface area contributed by atoms with E-state index in [-0.39, 0.29) is 34.3 Å². The maximum atomic E-state index is 12.9. The summed E-state index contributed by atoms with van der Waals surface area (Å²) < 4.78 is 5.32. The quantitative estimate of drug-likeness (QED) is 0.347. The van der Waals surface area contributed by atoms with E-state index in [1.54, 1.807) is 28.8 Å². The minimum atomic E-state index is -0.503. The average Bonchev–Trinajstić information content (AvgIpc) is 2.89. The molecule has 1 aromatic rings. The highest BCUT2D eigenvalue weighted by molar-refractivity contribution is 8.01. The van der Waals surface area contributed by atoms with Crippen LogP contribution in [0.4, 0.5) is 5.69 Å². The van der Waals surface area contributed by atoms with Gasteiger partial charge in [0, 0.05) is 16.9 Å². The number of amides is 1. The number of thioether (sulfide) groups is 1. The molecule has 2 aliphatic heterocycles. The lowest BCUT2D eigenvalue weighted by atomic mass is 9.81. The van der Waals surface area contributed by atoms with Crippen molar-refractivity contribution < 1.29 is 19.2 Å². The molecule has 1 saturated carbocycles. The second-order valence-electron chi connectivity index (χ2n) is 7.14. The molecule has 2 atom stereocenters. The van der Waals surface area contributed by atoms with Crippen LogP contribution in [-0.2, 0) is 20.9 Å². The Morgan fingerprint density at radius 2 is 1.96 bits per heavy atom. The molecule has 138 valence electrons. The third-order valence-electron chi connectivity index (χ3n) is 5.55. The number of carbonyl (C=O) groups excluding carboxylic acids is 2. The van der Waals surface area contributed by atoms with Gasteiger partial charge in [-0.15, -0.1) is 11.8 Å². The van der Waals surface area contributed by atoms with E-state index < -0.39 is 11.0 Å². The lowest BCUT2D eigenvalue weighted by molar-refractivity contribution is -0.384. The molecule has 3 aliphatic rings. The molecule has 2 heterocycles. The SMILES string of the molecule is O=C(OCc1ccc([N+](=O)[O-])cc1)[C@@H]1N2C(=O)C[C@H]2SC12CCCCC2. The van der Waals surface area contributed by atoms with Gasteiger partial charge in [0.2, 0.25) is 5.91 Å². The Morgan fingerprint density at radius 3 is 2.58 bits per heavy atom. The summed E-state index contributed by atoms with van der Waals surface area (Å²) in [6, 6.07) is 5.46. The van der Waals surface area contributed by atoms with Crippen LogP contribution >= 0.6 is 11.8 Å². The Hall–Kier alpha value is -2.09. The first-order chi connectivity index (χ1) is 12.5. The molecule has 4 rings (SSSR count). The van der Waals surface area contributed by atoms with Gasteiger partial charge in [-0.3, -0.25) is 14.9 Å². The first-order valence-corrected chi connectivity index (χ1v) is 9.77.